The van der Waals surface area contributed by atoms with Crippen molar-refractivity contribution in [2.75, 3.05) is 33.3 Å². The number of nitrogens with zero attached hydrogens (tertiary/aromatic N) is 4. The maximum Gasteiger partial charge on any atom is 0.193 e. The van der Waals surface area contributed by atoms with E-state index >= 15 is 0 Å². The number of nitrogens with one attached hydrogen (secondary N) is 1. The third kappa shape index (κ3) is 4.95. The third-order valence-electron chi connectivity index (χ3n) is 5.84. The van der Waals surface area contributed by atoms with Gasteiger partial charge in [0.2, 0.25) is 0 Å². The van der Waals surface area contributed by atoms with Gasteiger partial charge >= 0.3 is 0 Å². The van der Waals surface area contributed by atoms with Crippen LogP contribution in [0.1, 0.15) is 37.4 Å². The van der Waals surface area contributed by atoms with Gasteiger partial charge in [-0.15, -0.1) is 11.8 Å². The SMILES string of the molecule is CN=C(NCC1(Sc2ccccc2)CCCC1)N1CCOC(c2cnn(C)c2)C1. The van der Waals surface area contributed by atoms with Crippen molar-refractivity contribution in [2.45, 2.75) is 41.4 Å². The normalized spacial score (nSPS) is 22.1. The zero-order valence-electron chi connectivity index (χ0n) is 17.4. The second kappa shape index (κ2) is 9.22. The number of ether oxygens (including phenoxy) is 1. The van der Waals surface area contributed by atoms with E-state index in [0.717, 1.165) is 31.2 Å². The fourth-order valence-electron chi connectivity index (χ4n) is 4.29. The smallest absolute Gasteiger partial charge is 0.193 e. The minimum absolute atomic E-state index is 0.0372. The number of hydrogen-bond acceptors (Lipinski definition) is 4. The minimum Gasteiger partial charge on any atom is -0.370 e. The van der Waals surface area contributed by atoms with Crippen molar-refractivity contribution in [3.63, 3.8) is 0 Å². The second-order valence-corrected chi connectivity index (χ2v) is 9.50. The predicted octanol–water partition coefficient (Wildman–Crippen LogP) is 3.47. The van der Waals surface area contributed by atoms with E-state index in [1.807, 2.05) is 42.9 Å². The largest absolute Gasteiger partial charge is 0.370 e. The highest BCUT2D eigenvalue weighted by Gasteiger charge is 2.36. The van der Waals surface area contributed by atoms with E-state index in [0.29, 0.717) is 6.61 Å². The van der Waals surface area contributed by atoms with Gasteiger partial charge in [0, 0.05) is 48.6 Å². The number of aromatic nitrogens is 2. The fraction of sp³-hybridized carbons (Fsp3) is 0.545. The number of benzene rings is 1. The number of aliphatic imine (C=N–C) groups is 1. The van der Waals surface area contributed by atoms with Gasteiger partial charge < -0.3 is 15.0 Å². The maximum absolute atomic E-state index is 6.00. The highest BCUT2D eigenvalue weighted by molar-refractivity contribution is 8.00. The molecule has 2 aliphatic rings. The van der Waals surface area contributed by atoms with Crippen molar-refractivity contribution in [3.05, 3.63) is 48.3 Å². The van der Waals surface area contributed by atoms with E-state index < -0.39 is 0 Å². The van der Waals surface area contributed by atoms with E-state index in [1.54, 1.807) is 0 Å². The average molecular weight is 414 g/mol. The average Bonchev–Trinajstić information content (AvgIpc) is 3.39. The number of morpholine rings is 1. The summed E-state index contributed by atoms with van der Waals surface area (Å²) in [4.78, 5) is 8.26. The first-order valence-corrected chi connectivity index (χ1v) is 11.3. The Hall–Kier alpha value is -1.99. The van der Waals surface area contributed by atoms with E-state index in [1.165, 1.54) is 30.6 Å². The van der Waals surface area contributed by atoms with E-state index in [-0.39, 0.29) is 10.9 Å². The molecule has 1 unspecified atom stereocenters. The molecule has 1 aliphatic carbocycles. The molecule has 4 rings (SSSR count). The Kier molecular flexibility index (Phi) is 6.45. The van der Waals surface area contributed by atoms with Crippen LogP contribution in [0.2, 0.25) is 0 Å². The van der Waals surface area contributed by atoms with Gasteiger partial charge in [0.05, 0.1) is 19.3 Å². The number of aryl methyl sites for hydroxylation is 1. The zero-order chi connectivity index (χ0) is 20.1. The molecule has 6 nitrogen and oxygen atoms in total. The highest BCUT2D eigenvalue weighted by atomic mass is 32.2. The van der Waals surface area contributed by atoms with Gasteiger partial charge in [-0.2, -0.15) is 5.10 Å². The lowest BCUT2D eigenvalue weighted by Gasteiger charge is -2.36. The highest BCUT2D eigenvalue weighted by Crippen LogP contribution is 2.44. The molecule has 29 heavy (non-hydrogen) atoms. The first-order valence-electron chi connectivity index (χ1n) is 10.5. The van der Waals surface area contributed by atoms with Gasteiger partial charge in [-0.3, -0.25) is 9.67 Å². The van der Waals surface area contributed by atoms with Crippen LogP contribution >= 0.6 is 11.8 Å². The first-order chi connectivity index (χ1) is 14.2. The number of guanidine groups is 1. The molecule has 1 atom stereocenters. The van der Waals surface area contributed by atoms with Crippen molar-refractivity contribution in [1.82, 2.24) is 20.0 Å². The summed E-state index contributed by atoms with van der Waals surface area (Å²) in [6.07, 6.45) is 9.08. The van der Waals surface area contributed by atoms with Crippen molar-refractivity contribution in [2.24, 2.45) is 12.0 Å². The summed E-state index contributed by atoms with van der Waals surface area (Å²) >= 11 is 2.03. The molecule has 156 valence electrons. The first kappa shape index (κ1) is 20.3. The van der Waals surface area contributed by atoms with Crippen LogP contribution in [-0.2, 0) is 11.8 Å². The van der Waals surface area contributed by atoms with Crippen molar-refractivity contribution >= 4 is 17.7 Å². The molecule has 0 amide bonds. The monoisotopic (exact) mass is 413 g/mol. The molecule has 1 N–H and O–H groups in total. The maximum atomic E-state index is 6.00. The van der Waals surface area contributed by atoms with Crippen LogP contribution in [0.3, 0.4) is 0 Å². The Morgan fingerprint density at radius 3 is 2.79 bits per heavy atom. The van der Waals surface area contributed by atoms with Crippen LogP contribution < -0.4 is 5.32 Å². The lowest BCUT2D eigenvalue weighted by molar-refractivity contribution is -0.00805. The summed E-state index contributed by atoms with van der Waals surface area (Å²) in [6.45, 7) is 3.29. The summed E-state index contributed by atoms with van der Waals surface area (Å²) in [5.74, 6) is 0.974. The molecule has 2 fully saturated rings. The van der Waals surface area contributed by atoms with E-state index in [2.05, 4.69) is 50.6 Å². The molecular weight excluding hydrogens is 382 g/mol. The Labute approximate surface area is 177 Å². The topological polar surface area (TPSA) is 54.7 Å². The Morgan fingerprint density at radius 2 is 2.10 bits per heavy atom. The Balaban J connectivity index is 1.40. The summed E-state index contributed by atoms with van der Waals surface area (Å²) in [7, 11) is 3.82. The van der Waals surface area contributed by atoms with Crippen molar-refractivity contribution < 1.29 is 4.74 Å². The lowest BCUT2D eigenvalue weighted by Crippen LogP contribution is -2.51. The van der Waals surface area contributed by atoms with Crippen LogP contribution in [0.4, 0.5) is 0 Å². The molecule has 0 radical (unpaired) electrons. The van der Waals surface area contributed by atoms with Crippen LogP contribution in [0, 0.1) is 0 Å². The Morgan fingerprint density at radius 1 is 1.31 bits per heavy atom. The molecule has 1 saturated carbocycles. The molecule has 0 bridgehead atoms. The van der Waals surface area contributed by atoms with Crippen LogP contribution in [0.15, 0.2) is 52.6 Å². The molecule has 2 heterocycles. The quantitative estimate of drug-likeness (QED) is 0.601. The van der Waals surface area contributed by atoms with Crippen molar-refractivity contribution in [1.29, 1.82) is 0 Å². The fourth-order valence-corrected chi connectivity index (χ4v) is 5.73. The summed E-state index contributed by atoms with van der Waals surface area (Å²) < 4.78 is 8.07. The van der Waals surface area contributed by atoms with Gasteiger partial charge in [-0.25, -0.2) is 0 Å². The van der Waals surface area contributed by atoms with E-state index in [9.17, 15) is 0 Å². The minimum atomic E-state index is 0.0372. The number of hydrogen-bond donors (Lipinski definition) is 1. The van der Waals surface area contributed by atoms with E-state index in [4.69, 9.17) is 4.74 Å². The summed E-state index contributed by atoms with van der Waals surface area (Å²) in [6, 6.07) is 10.8. The standard InChI is InChI=1S/C22H31N5OS/c1-23-21(27-12-13-28-20(16-27)18-14-25-26(2)15-18)24-17-22(10-6-7-11-22)29-19-8-4-3-5-9-19/h3-5,8-9,14-15,20H,6-7,10-13,16-17H2,1-2H3,(H,23,24). The lowest BCUT2D eigenvalue weighted by atomic mass is 10.1. The number of rotatable bonds is 5. The molecule has 1 aromatic heterocycles. The van der Waals surface area contributed by atoms with Gasteiger partial charge in [0.1, 0.15) is 6.10 Å². The molecule has 1 aliphatic heterocycles. The Bertz CT molecular complexity index is 816. The van der Waals surface area contributed by atoms with Gasteiger partial charge in [-0.05, 0) is 25.0 Å². The molecule has 1 aromatic carbocycles. The summed E-state index contributed by atoms with van der Waals surface area (Å²) in [5.41, 5.74) is 1.12. The summed E-state index contributed by atoms with van der Waals surface area (Å²) in [5, 5.41) is 7.99. The predicted molar refractivity (Wildman–Crippen MR) is 118 cm³/mol. The van der Waals surface area contributed by atoms with Gasteiger partial charge in [0.15, 0.2) is 5.96 Å². The molecule has 2 aromatic rings. The molecule has 7 heteroatoms. The van der Waals surface area contributed by atoms with Gasteiger partial charge in [-0.1, -0.05) is 31.0 Å². The zero-order valence-corrected chi connectivity index (χ0v) is 18.2. The third-order valence-corrected chi connectivity index (χ3v) is 7.33. The molecule has 0 spiro atoms. The van der Waals surface area contributed by atoms with Crippen LogP contribution in [0.5, 0.6) is 0 Å². The van der Waals surface area contributed by atoms with Crippen LogP contribution in [-0.4, -0.2) is 58.7 Å². The molecule has 1 saturated heterocycles. The van der Waals surface area contributed by atoms with Gasteiger partial charge in [0.25, 0.3) is 0 Å². The number of thioether (sulfide) groups is 1. The van der Waals surface area contributed by atoms with Crippen LogP contribution in [0.25, 0.3) is 0 Å². The molecular formula is C22H31N5OS. The van der Waals surface area contributed by atoms with Crippen molar-refractivity contribution in [3.8, 4) is 0 Å². The second-order valence-electron chi connectivity index (χ2n) is 7.96.